The maximum Gasteiger partial charge on any atom is 0.0632 e. The lowest BCUT2D eigenvalue weighted by atomic mass is 10.0. The van der Waals surface area contributed by atoms with Crippen molar-refractivity contribution in [1.29, 1.82) is 0 Å². The van der Waals surface area contributed by atoms with Crippen LogP contribution in [0.2, 0.25) is 5.02 Å². The second kappa shape index (κ2) is 7.04. The summed E-state index contributed by atoms with van der Waals surface area (Å²) in [6.45, 7) is 0.919. The highest BCUT2D eigenvalue weighted by Gasteiger charge is 2.17. The lowest BCUT2D eigenvalue weighted by Crippen LogP contribution is -2.28. The van der Waals surface area contributed by atoms with Gasteiger partial charge in [-0.15, -0.1) is 0 Å². The normalized spacial score (nSPS) is 21.1. The minimum Gasteiger partial charge on any atom is -0.378 e. The van der Waals surface area contributed by atoms with Gasteiger partial charge in [-0.3, -0.25) is 16.3 Å². The van der Waals surface area contributed by atoms with Gasteiger partial charge in [-0.25, -0.2) is 0 Å². The molecule has 0 saturated carbocycles. The molecule has 1 aliphatic heterocycles. The summed E-state index contributed by atoms with van der Waals surface area (Å²) in [6.07, 6.45) is 7.64. The van der Waals surface area contributed by atoms with E-state index < -0.39 is 0 Å². The van der Waals surface area contributed by atoms with Crippen molar-refractivity contribution in [2.24, 2.45) is 5.84 Å². The van der Waals surface area contributed by atoms with Crippen molar-refractivity contribution in [3.63, 3.8) is 0 Å². The molecular formula is C13H20ClN3O. The number of aromatic nitrogens is 1. The third kappa shape index (κ3) is 3.92. The van der Waals surface area contributed by atoms with E-state index in [2.05, 4.69) is 10.4 Å². The number of ether oxygens (including phenoxy) is 1. The molecule has 0 amide bonds. The first-order chi connectivity index (χ1) is 8.79. The molecule has 1 aliphatic rings. The number of hydrazine groups is 1. The van der Waals surface area contributed by atoms with E-state index in [1.807, 2.05) is 12.1 Å². The predicted molar refractivity (Wildman–Crippen MR) is 72.1 cm³/mol. The quantitative estimate of drug-likeness (QED) is 0.616. The fourth-order valence-electron chi connectivity index (χ4n) is 2.33. The first-order valence-electron chi connectivity index (χ1n) is 6.49. The summed E-state index contributed by atoms with van der Waals surface area (Å²) >= 11 is 5.82. The molecule has 1 aromatic rings. The van der Waals surface area contributed by atoms with Gasteiger partial charge in [-0.05, 0) is 44.2 Å². The van der Waals surface area contributed by atoms with E-state index >= 15 is 0 Å². The van der Waals surface area contributed by atoms with E-state index in [1.54, 1.807) is 6.20 Å². The standard InChI is InChI=1S/C13H20ClN3O/c14-10-6-7-12(16-9-10)13(17-15)5-1-3-11-4-2-8-18-11/h6-7,9,11,13,17H,1-5,8,15H2. The van der Waals surface area contributed by atoms with Crippen LogP contribution in [0.25, 0.3) is 0 Å². The Bertz CT molecular complexity index is 352. The van der Waals surface area contributed by atoms with Crippen LogP contribution >= 0.6 is 11.6 Å². The topological polar surface area (TPSA) is 60.2 Å². The van der Waals surface area contributed by atoms with Crippen molar-refractivity contribution in [2.75, 3.05) is 6.61 Å². The number of nitrogens with two attached hydrogens (primary N) is 1. The molecule has 0 radical (unpaired) electrons. The minimum atomic E-state index is 0.0867. The molecule has 2 atom stereocenters. The van der Waals surface area contributed by atoms with Crippen LogP contribution in [-0.4, -0.2) is 17.7 Å². The molecule has 5 heteroatoms. The summed E-state index contributed by atoms with van der Waals surface area (Å²) in [6, 6.07) is 3.84. The molecule has 1 fully saturated rings. The predicted octanol–water partition coefficient (Wildman–Crippen LogP) is 2.59. The van der Waals surface area contributed by atoms with Gasteiger partial charge in [0.2, 0.25) is 0 Å². The van der Waals surface area contributed by atoms with Gasteiger partial charge < -0.3 is 4.74 Å². The third-order valence-electron chi connectivity index (χ3n) is 3.35. The summed E-state index contributed by atoms with van der Waals surface area (Å²) in [5.74, 6) is 5.58. The lowest BCUT2D eigenvalue weighted by Gasteiger charge is -2.16. The highest BCUT2D eigenvalue weighted by Crippen LogP contribution is 2.22. The Balaban J connectivity index is 1.79. The van der Waals surface area contributed by atoms with Crippen LogP contribution < -0.4 is 11.3 Å². The Labute approximate surface area is 113 Å². The van der Waals surface area contributed by atoms with Crippen molar-refractivity contribution in [1.82, 2.24) is 10.4 Å². The molecule has 2 unspecified atom stereocenters. The Morgan fingerprint density at radius 2 is 2.44 bits per heavy atom. The van der Waals surface area contributed by atoms with Crippen molar-refractivity contribution >= 4 is 11.6 Å². The molecule has 100 valence electrons. The number of rotatable bonds is 6. The summed E-state index contributed by atoms with van der Waals surface area (Å²) in [5.41, 5.74) is 3.76. The van der Waals surface area contributed by atoms with Crippen molar-refractivity contribution in [3.05, 3.63) is 29.0 Å². The molecule has 4 nitrogen and oxygen atoms in total. The number of nitrogens with one attached hydrogen (secondary N) is 1. The van der Waals surface area contributed by atoms with Gasteiger partial charge in [-0.2, -0.15) is 0 Å². The summed E-state index contributed by atoms with van der Waals surface area (Å²) in [7, 11) is 0. The van der Waals surface area contributed by atoms with Crippen molar-refractivity contribution in [3.8, 4) is 0 Å². The smallest absolute Gasteiger partial charge is 0.0632 e. The van der Waals surface area contributed by atoms with Crippen molar-refractivity contribution < 1.29 is 4.74 Å². The van der Waals surface area contributed by atoms with Crippen LogP contribution in [0.5, 0.6) is 0 Å². The van der Waals surface area contributed by atoms with E-state index in [9.17, 15) is 0 Å². The Morgan fingerprint density at radius 3 is 3.06 bits per heavy atom. The zero-order valence-electron chi connectivity index (χ0n) is 10.4. The fourth-order valence-corrected chi connectivity index (χ4v) is 2.44. The first-order valence-corrected chi connectivity index (χ1v) is 6.86. The summed E-state index contributed by atoms with van der Waals surface area (Å²) in [4.78, 5) is 4.29. The molecule has 18 heavy (non-hydrogen) atoms. The molecule has 0 spiro atoms. The van der Waals surface area contributed by atoms with Crippen LogP contribution in [0.4, 0.5) is 0 Å². The highest BCUT2D eigenvalue weighted by molar-refractivity contribution is 6.30. The lowest BCUT2D eigenvalue weighted by molar-refractivity contribution is 0.101. The molecular weight excluding hydrogens is 250 g/mol. The van der Waals surface area contributed by atoms with Crippen LogP contribution in [0.15, 0.2) is 18.3 Å². The number of hydrogen-bond acceptors (Lipinski definition) is 4. The molecule has 1 aromatic heterocycles. The number of halogens is 1. The Kier molecular flexibility index (Phi) is 5.38. The van der Waals surface area contributed by atoms with Gasteiger partial charge in [0.25, 0.3) is 0 Å². The van der Waals surface area contributed by atoms with Gasteiger partial charge in [0, 0.05) is 12.8 Å². The van der Waals surface area contributed by atoms with Crippen LogP contribution in [0, 0.1) is 0 Å². The van der Waals surface area contributed by atoms with Crippen molar-refractivity contribution in [2.45, 2.75) is 44.2 Å². The zero-order chi connectivity index (χ0) is 12.8. The van der Waals surface area contributed by atoms with E-state index in [-0.39, 0.29) is 6.04 Å². The molecule has 0 bridgehead atoms. The van der Waals surface area contributed by atoms with Gasteiger partial charge in [0.1, 0.15) is 0 Å². The molecule has 3 N–H and O–H groups in total. The highest BCUT2D eigenvalue weighted by atomic mass is 35.5. The third-order valence-corrected chi connectivity index (χ3v) is 3.57. The van der Waals surface area contributed by atoms with E-state index in [4.69, 9.17) is 22.2 Å². The second-order valence-electron chi connectivity index (χ2n) is 4.69. The molecule has 1 saturated heterocycles. The van der Waals surface area contributed by atoms with Gasteiger partial charge in [0.05, 0.1) is 22.9 Å². The van der Waals surface area contributed by atoms with E-state index in [0.29, 0.717) is 11.1 Å². The minimum absolute atomic E-state index is 0.0867. The monoisotopic (exact) mass is 269 g/mol. The van der Waals surface area contributed by atoms with Crippen LogP contribution in [0.1, 0.15) is 43.8 Å². The van der Waals surface area contributed by atoms with Crippen LogP contribution in [-0.2, 0) is 4.74 Å². The summed E-state index contributed by atoms with van der Waals surface area (Å²) in [5, 5.41) is 0.647. The number of nitrogens with zero attached hydrogens (tertiary/aromatic N) is 1. The Hall–Kier alpha value is -0.680. The summed E-state index contributed by atoms with van der Waals surface area (Å²) < 4.78 is 5.61. The average Bonchev–Trinajstić information content (AvgIpc) is 2.89. The molecule has 0 aliphatic carbocycles. The Morgan fingerprint density at radius 1 is 1.56 bits per heavy atom. The van der Waals surface area contributed by atoms with E-state index in [1.165, 1.54) is 12.8 Å². The molecule has 0 aromatic carbocycles. The van der Waals surface area contributed by atoms with E-state index in [0.717, 1.165) is 31.6 Å². The largest absolute Gasteiger partial charge is 0.378 e. The second-order valence-corrected chi connectivity index (χ2v) is 5.12. The SMILES string of the molecule is NNC(CCCC1CCCO1)c1ccc(Cl)cn1. The van der Waals surface area contributed by atoms with Gasteiger partial charge in [-0.1, -0.05) is 11.6 Å². The number of hydrogen-bond donors (Lipinski definition) is 2. The molecule has 2 rings (SSSR count). The van der Waals surface area contributed by atoms with Crippen LogP contribution in [0.3, 0.4) is 0 Å². The average molecular weight is 270 g/mol. The van der Waals surface area contributed by atoms with Gasteiger partial charge >= 0.3 is 0 Å². The zero-order valence-corrected chi connectivity index (χ0v) is 11.2. The fraction of sp³-hybridized carbons (Fsp3) is 0.615. The van der Waals surface area contributed by atoms with Gasteiger partial charge in [0.15, 0.2) is 0 Å². The first kappa shape index (κ1) is 13.7. The number of pyridine rings is 1. The maximum atomic E-state index is 5.82. The molecule has 2 heterocycles. The maximum absolute atomic E-state index is 5.82.